The quantitative estimate of drug-likeness (QED) is 0.414. The third-order valence-electron chi connectivity index (χ3n) is 3.87. The zero-order valence-corrected chi connectivity index (χ0v) is 16.2. The van der Waals surface area contributed by atoms with Crippen LogP contribution in [0.5, 0.6) is 0 Å². The van der Waals surface area contributed by atoms with Gasteiger partial charge in [0.25, 0.3) is 5.91 Å². The molecule has 0 saturated carbocycles. The summed E-state index contributed by atoms with van der Waals surface area (Å²) in [5.41, 5.74) is 0.962. The van der Waals surface area contributed by atoms with Crippen LogP contribution in [0.3, 0.4) is 0 Å². The van der Waals surface area contributed by atoms with E-state index in [0.29, 0.717) is 32.8 Å². The van der Waals surface area contributed by atoms with E-state index in [9.17, 15) is 14.9 Å². The highest BCUT2D eigenvalue weighted by Crippen LogP contribution is 2.30. The minimum atomic E-state index is -1.07. The number of anilines is 1. The number of amides is 1. The Kier molecular flexibility index (Phi) is 6.03. The van der Waals surface area contributed by atoms with Gasteiger partial charge in [0.1, 0.15) is 23.2 Å². The van der Waals surface area contributed by atoms with E-state index in [1.165, 1.54) is 30.3 Å². The number of furan rings is 1. The van der Waals surface area contributed by atoms with Crippen LogP contribution in [0.2, 0.25) is 10.0 Å². The zero-order chi connectivity index (χ0) is 21.0. The van der Waals surface area contributed by atoms with Crippen molar-refractivity contribution in [2.45, 2.75) is 0 Å². The second kappa shape index (κ2) is 8.65. The molecule has 1 aromatic heterocycles. The fourth-order valence-electron chi connectivity index (χ4n) is 2.42. The Hall–Kier alpha value is -3.53. The van der Waals surface area contributed by atoms with Crippen LogP contribution >= 0.6 is 23.2 Å². The van der Waals surface area contributed by atoms with Gasteiger partial charge in [-0.1, -0.05) is 23.2 Å². The SMILES string of the molecule is N#C/C(=C\c1ccc(-c2ccc(Cl)c(Cl)c2)o1)C(=O)Nc1ccc(C(=O)O)cc1. The second-order valence-electron chi connectivity index (χ2n) is 5.84. The number of carboxylic acid groups (broad SMARTS) is 1. The average molecular weight is 427 g/mol. The Morgan fingerprint density at radius 2 is 1.76 bits per heavy atom. The van der Waals surface area contributed by atoms with Crippen LogP contribution < -0.4 is 5.32 Å². The van der Waals surface area contributed by atoms with Gasteiger partial charge >= 0.3 is 5.97 Å². The summed E-state index contributed by atoms with van der Waals surface area (Å²) in [7, 11) is 0. The van der Waals surface area contributed by atoms with E-state index in [0.717, 1.165) is 0 Å². The first kappa shape index (κ1) is 20.2. The third-order valence-corrected chi connectivity index (χ3v) is 4.61. The van der Waals surface area contributed by atoms with Gasteiger partial charge in [0.05, 0.1) is 15.6 Å². The van der Waals surface area contributed by atoms with Crippen LogP contribution in [0.25, 0.3) is 17.4 Å². The van der Waals surface area contributed by atoms with Crippen LogP contribution in [-0.4, -0.2) is 17.0 Å². The second-order valence-corrected chi connectivity index (χ2v) is 6.65. The number of hydrogen-bond donors (Lipinski definition) is 2. The van der Waals surface area contributed by atoms with Crippen molar-refractivity contribution in [1.82, 2.24) is 0 Å². The van der Waals surface area contributed by atoms with Crippen molar-refractivity contribution in [3.63, 3.8) is 0 Å². The number of nitrogens with zero attached hydrogens (tertiary/aromatic N) is 1. The lowest BCUT2D eigenvalue weighted by Crippen LogP contribution is -2.13. The van der Waals surface area contributed by atoms with E-state index in [4.69, 9.17) is 32.7 Å². The molecule has 0 saturated heterocycles. The Labute approximate surface area is 175 Å². The fourth-order valence-corrected chi connectivity index (χ4v) is 2.72. The molecule has 0 unspecified atom stereocenters. The summed E-state index contributed by atoms with van der Waals surface area (Å²) < 4.78 is 5.66. The molecule has 8 heteroatoms. The van der Waals surface area contributed by atoms with Gasteiger partial charge in [-0.15, -0.1) is 0 Å². The molecular weight excluding hydrogens is 415 g/mol. The Balaban J connectivity index is 1.78. The molecule has 6 nitrogen and oxygen atoms in total. The largest absolute Gasteiger partial charge is 0.478 e. The van der Waals surface area contributed by atoms with E-state index in [1.807, 2.05) is 6.07 Å². The molecule has 0 aliphatic carbocycles. The first-order valence-electron chi connectivity index (χ1n) is 8.19. The number of carbonyl (C=O) groups is 2. The molecule has 0 radical (unpaired) electrons. The monoisotopic (exact) mass is 426 g/mol. The Bertz CT molecular complexity index is 1160. The van der Waals surface area contributed by atoms with Crippen molar-refractivity contribution in [2.75, 3.05) is 5.32 Å². The highest BCUT2D eigenvalue weighted by molar-refractivity contribution is 6.42. The number of hydrogen-bond acceptors (Lipinski definition) is 4. The molecule has 3 aromatic rings. The van der Waals surface area contributed by atoms with Crippen LogP contribution in [0.15, 0.2) is 64.6 Å². The highest BCUT2D eigenvalue weighted by atomic mass is 35.5. The first-order valence-corrected chi connectivity index (χ1v) is 8.95. The van der Waals surface area contributed by atoms with Crippen molar-refractivity contribution in [1.29, 1.82) is 5.26 Å². The summed E-state index contributed by atoms with van der Waals surface area (Å²) in [6.45, 7) is 0. The van der Waals surface area contributed by atoms with Crippen molar-refractivity contribution in [3.8, 4) is 17.4 Å². The number of carbonyl (C=O) groups excluding carboxylic acids is 1. The summed E-state index contributed by atoms with van der Waals surface area (Å²) in [5, 5.41) is 21.5. The number of carboxylic acids is 1. The predicted molar refractivity (Wildman–Crippen MR) is 110 cm³/mol. The van der Waals surface area contributed by atoms with E-state index in [-0.39, 0.29) is 11.1 Å². The molecule has 29 heavy (non-hydrogen) atoms. The van der Waals surface area contributed by atoms with Crippen LogP contribution in [0.1, 0.15) is 16.1 Å². The predicted octanol–water partition coefficient (Wildman–Crippen LogP) is 5.50. The smallest absolute Gasteiger partial charge is 0.335 e. The molecule has 2 N–H and O–H groups in total. The summed E-state index contributed by atoms with van der Waals surface area (Å²) in [6, 6.07) is 15.7. The normalized spacial score (nSPS) is 11.0. The van der Waals surface area contributed by atoms with Gasteiger partial charge < -0.3 is 14.8 Å². The van der Waals surface area contributed by atoms with E-state index < -0.39 is 11.9 Å². The Morgan fingerprint density at radius 3 is 2.38 bits per heavy atom. The van der Waals surface area contributed by atoms with Gasteiger partial charge in [0.2, 0.25) is 0 Å². The van der Waals surface area contributed by atoms with Crippen molar-refractivity contribution in [3.05, 3.63) is 81.5 Å². The maximum atomic E-state index is 12.3. The van der Waals surface area contributed by atoms with Crippen LogP contribution in [0.4, 0.5) is 5.69 Å². The molecule has 0 atom stereocenters. The van der Waals surface area contributed by atoms with Gasteiger partial charge in [0, 0.05) is 17.3 Å². The van der Waals surface area contributed by atoms with E-state index in [1.54, 1.807) is 30.3 Å². The number of nitriles is 1. The molecule has 1 amide bonds. The zero-order valence-electron chi connectivity index (χ0n) is 14.6. The van der Waals surface area contributed by atoms with Gasteiger partial charge in [-0.3, -0.25) is 4.79 Å². The van der Waals surface area contributed by atoms with Crippen LogP contribution in [0, 0.1) is 11.3 Å². The molecule has 0 fully saturated rings. The maximum absolute atomic E-state index is 12.3. The van der Waals surface area contributed by atoms with Crippen molar-refractivity contribution >= 4 is 46.8 Å². The van der Waals surface area contributed by atoms with Gasteiger partial charge in [-0.05, 0) is 54.6 Å². The molecule has 144 valence electrons. The van der Waals surface area contributed by atoms with E-state index >= 15 is 0 Å². The number of rotatable bonds is 5. The van der Waals surface area contributed by atoms with Gasteiger partial charge in [-0.2, -0.15) is 5.26 Å². The minimum absolute atomic E-state index is 0.0875. The lowest BCUT2D eigenvalue weighted by molar-refractivity contribution is -0.112. The van der Waals surface area contributed by atoms with E-state index in [2.05, 4.69) is 5.32 Å². The minimum Gasteiger partial charge on any atom is -0.478 e. The molecule has 0 bridgehead atoms. The summed E-state index contributed by atoms with van der Waals surface area (Å²) in [5.74, 6) is -0.921. The highest BCUT2D eigenvalue weighted by Gasteiger charge is 2.12. The Morgan fingerprint density at radius 1 is 1.03 bits per heavy atom. The number of aromatic carboxylic acids is 1. The van der Waals surface area contributed by atoms with Gasteiger partial charge in [0.15, 0.2) is 0 Å². The molecule has 2 aromatic carbocycles. The summed E-state index contributed by atoms with van der Waals surface area (Å²) in [4.78, 5) is 23.2. The summed E-state index contributed by atoms with van der Waals surface area (Å²) in [6.07, 6.45) is 1.31. The lowest BCUT2D eigenvalue weighted by atomic mass is 10.2. The number of nitrogens with one attached hydrogen (secondary N) is 1. The molecule has 0 aliphatic heterocycles. The maximum Gasteiger partial charge on any atom is 0.335 e. The number of halogens is 2. The van der Waals surface area contributed by atoms with Crippen molar-refractivity contribution < 1.29 is 19.1 Å². The average Bonchev–Trinajstić information content (AvgIpc) is 3.17. The first-order chi connectivity index (χ1) is 13.9. The lowest BCUT2D eigenvalue weighted by Gasteiger charge is -2.04. The van der Waals surface area contributed by atoms with Crippen LogP contribution in [-0.2, 0) is 4.79 Å². The van der Waals surface area contributed by atoms with Crippen molar-refractivity contribution in [2.24, 2.45) is 0 Å². The third kappa shape index (κ3) is 4.85. The standard InChI is InChI=1S/C21H12Cl2N2O4/c22-17-7-3-13(10-18(17)23)19-8-6-16(29-19)9-14(11-24)20(26)25-15-4-1-12(2-5-15)21(27)28/h1-10H,(H,25,26)(H,27,28)/b14-9+. The molecule has 0 aliphatic rings. The molecule has 0 spiro atoms. The topological polar surface area (TPSA) is 103 Å². The fraction of sp³-hybridized carbons (Fsp3) is 0. The summed E-state index contributed by atoms with van der Waals surface area (Å²) >= 11 is 11.9. The molecule has 3 rings (SSSR count). The molecule has 1 heterocycles. The molecular formula is C21H12Cl2N2O4. The number of benzene rings is 2. The van der Waals surface area contributed by atoms with Gasteiger partial charge in [-0.25, -0.2) is 4.79 Å².